The van der Waals surface area contributed by atoms with E-state index < -0.39 is 0 Å². The van der Waals surface area contributed by atoms with Crippen LogP contribution in [0.2, 0.25) is 0 Å². The molecule has 1 radical (unpaired) electrons. The van der Waals surface area contributed by atoms with Crippen LogP contribution in [0, 0.1) is 6.33 Å². The smallest absolute Gasteiger partial charge is 0.260 e. The van der Waals surface area contributed by atoms with E-state index in [0.717, 1.165) is 0 Å². The minimum absolute atomic E-state index is 0.400. The summed E-state index contributed by atoms with van der Waals surface area (Å²) in [5.41, 5.74) is 0. The van der Waals surface area contributed by atoms with Crippen LogP contribution in [-0.2, 0) is 0 Å². The van der Waals surface area contributed by atoms with Crippen LogP contribution in [0.4, 0.5) is 0 Å². The molecule has 0 aliphatic rings. The molecule has 1 rings (SSSR count). The van der Waals surface area contributed by atoms with E-state index in [-0.39, 0.29) is 0 Å². The first-order valence-electron chi connectivity index (χ1n) is 2.69. The summed E-state index contributed by atoms with van der Waals surface area (Å²) in [5.74, 6) is 0.916. The lowest BCUT2D eigenvalue weighted by Gasteiger charge is -2.01. The molecule has 0 amide bonds. The van der Waals surface area contributed by atoms with E-state index in [1.807, 2.05) is 0 Å². The van der Waals surface area contributed by atoms with Gasteiger partial charge in [-0.2, -0.15) is 4.98 Å². The highest BCUT2D eigenvalue weighted by molar-refractivity contribution is 5.28. The van der Waals surface area contributed by atoms with Crippen molar-refractivity contribution in [3.05, 3.63) is 12.5 Å². The van der Waals surface area contributed by atoms with Crippen molar-refractivity contribution >= 4 is 0 Å². The highest BCUT2D eigenvalue weighted by Gasteiger charge is 2.01. The normalized spacial score (nSPS) is 9.00. The molecule has 0 unspecified atom stereocenters. The van der Waals surface area contributed by atoms with Gasteiger partial charge in [-0.25, -0.2) is 4.98 Å². The van der Waals surface area contributed by atoms with Crippen molar-refractivity contribution in [2.75, 3.05) is 14.2 Å². The number of rotatable bonds is 2. The number of methoxy groups -OCH3 is 2. The molecule has 0 saturated carbocycles. The Morgan fingerprint density at radius 1 is 1.40 bits per heavy atom. The van der Waals surface area contributed by atoms with Crippen molar-refractivity contribution in [2.24, 2.45) is 0 Å². The Bertz CT molecular complexity index is 192. The van der Waals surface area contributed by atoms with Gasteiger partial charge in [0.15, 0.2) is 5.75 Å². The average molecular weight is 139 g/mol. The van der Waals surface area contributed by atoms with Crippen molar-refractivity contribution in [2.45, 2.75) is 0 Å². The number of hydrogen-bond acceptors (Lipinski definition) is 4. The third kappa shape index (κ3) is 1.15. The average Bonchev–Trinajstić information content (AvgIpc) is 2.04. The Balaban J connectivity index is 2.96. The number of hydrogen-bond donors (Lipinski definition) is 0. The summed E-state index contributed by atoms with van der Waals surface area (Å²) < 4.78 is 9.70. The van der Waals surface area contributed by atoms with Crippen molar-refractivity contribution < 1.29 is 9.47 Å². The Morgan fingerprint density at radius 3 is 2.70 bits per heavy atom. The zero-order valence-electron chi connectivity index (χ0n) is 5.79. The van der Waals surface area contributed by atoms with Crippen LogP contribution in [0.25, 0.3) is 0 Å². The fourth-order valence-electron chi connectivity index (χ4n) is 0.558. The highest BCUT2D eigenvalue weighted by atomic mass is 16.5. The number of aromatic nitrogens is 2. The monoisotopic (exact) mass is 139 g/mol. The Morgan fingerprint density at radius 2 is 2.20 bits per heavy atom. The van der Waals surface area contributed by atoms with E-state index in [4.69, 9.17) is 9.47 Å². The Kier molecular flexibility index (Phi) is 2.04. The fraction of sp³-hybridized carbons (Fsp3) is 0.333. The van der Waals surface area contributed by atoms with Gasteiger partial charge in [-0.3, -0.25) is 0 Å². The maximum absolute atomic E-state index is 4.87. The van der Waals surface area contributed by atoms with Gasteiger partial charge in [-0.1, -0.05) is 0 Å². The minimum atomic E-state index is 0.400. The molecule has 0 N–H and O–H groups in total. The maximum atomic E-state index is 4.87. The zero-order valence-corrected chi connectivity index (χ0v) is 5.79. The number of ether oxygens (including phenoxy) is 2. The van der Waals surface area contributed by atoms with Gasteiger partial charge in [0.05, 0.1) is 20.4 Å². The molecule has 0 aliphatic carbocycles. The summed E-state index contributed by atoms with van der Waals surface area (Å²) in [4.78, 5) is 7.31. The van der Waals surface area contributed by atoms with Crippen molar-refractivity contribution in [1.29, 1.82) is 0 Å². The molecule has 4 nitrogen and oxygen atoms in total. The molecule has 0 atom stereocenters. The molecule has 1 aromatic rings. The van der Waals surface area contributed by atoms with Crippen LogP contribution in [0.5, 0.6) is 11.6 Å². The molecule has 0 bridgehead atoms. The van der Waals surface area contributed by atoms with Crippen LogP contribution in [0.15, 0.2) is 6.20 Å². The molecule has 0 aliphatic heterocycles. The van der Waals surface area contributed by atoms with E-state index in [1.165, 1.54) is 20.4 Å². The van der Waals surface area contributed by atoms with Gasteiger partial charge < -0.3 is 9.47 Å². The topological polar surface area (TPSA) is 44.2 Å². The van der Waals surface area contributed by atoms with E-state index in [9.17, 15) is 0 Å². The number of nitrogens with zero attached hydrogens (tertiary/aromatic N) is 2. The molecule has 53 valence electrons. The van der Waals surface area contributed by atoms with Gasteiger partial charge in [0.1, 0.15) is 0 Å². The third-order valence-corrected chi connectivity index (χ3v) is 1.02. The second-order valence-electron chi connectivity index (χ2n) is 1.55. The van der Waals surface area contributed by atoms with Crippen molar-refractivity contribution in [1.82, 2.24) is 9.97 Å². The first-order valence-corrected chi connectivity index (χ1v) is 2.69. The van der Waals surface area contributed by atoms with Gasteiger partial charge in [-0.05, 0) is 0 Å². The largest absolute Gasteiger partial charge is 0.490 e. The van der Waals surface area contributed by atoms with Gasteiger partial charge in [0.25, 0.3) is 5.88 Å². The highest BCUT2D eigenvalue weighted by Crippen LogP contribution is 2.19. The summed E-state index contributed by atoms with van der Waals surface area (Å²) in [6, 6.07) is 0. The minimum Gasteiger partial charge on any atom is -0.490 e. The van der Waals surface area contributed by atoms with Crippen LogP contribution >= 0.6 is 0 Å². The lowest BCUT2D eigenvalue weighted by molar-refractivity contribution is 0.340. The first-order chi connectivity index (χ1) is 4.88. The lowest BCUT2D eigenvalue weighted by Crippen LogP contribution is -1.93. The standard InChI is InChI=1S/C6H7N2O2/c1-9-5-3-7-4-8-6(5)10-2/h3H,1-2H3. The molecule has 0 saturated heterocycles. The summed E-state index contributed by atoms with van der Waals surface area (Å²) in [5, 5.41) is 0. The molecule has 0 spiro atoms. The van der Waals surface area contributed by atoms with Gasteiger partial charge in [0, 0.05) is 0 Å². The fourth-order valence-corrected chi connectivity index (χ4v) is 0.558. The molecular formula is C6H7N2O2. The van der Waals surface area contributed by atoms with Gasteiger partial charge >= 0.3 is 0 Å². The summed E-state index contributed by atoms with van der Waals surface area (Å²) in [6.45, 7) is 0. The van der Waals surface area contributed by atoms with Crippen molar-refractivity contribution in [3.8, 4) is 11.6 Å². The maximum Gasteiger partial charge on any atom is 0.260 e. The second kappa shape index (κ2) is 3.00. The zero-order chi connectivity index (χ0) is 7.40. The molecular weight excluding hydrogens is 132 g/mol. The van der Waals surface area contributed by atoms with Gasteiger partial charge in [0.2, 0.25) is 6.33 Å². The summed E-state index contributed by atoms with van der Waals surface area (Å²) in [7, 11) is 3.04. The Hall–Kier alpha value is -1.32. The second-order valence-corrected chi connectivity index (χ2v) is 1.55. The molecule has 10 heavy (non-hydrogen) atoms. The van der Waals surface area contributed by atoms with Gasteiger partial charge in [-0.15, -0.1) is 0 Å². The van der Waals surface area contributed by atoms with Crippen LogP contribution in [0.1, 0.15) is 0 Å². The molecule has 4 heteroatoms. The van der Waals surface area contributed by atoms with Crippen molar-refractivity contribution in [3.63, 3.8) is 0 Å². The van der Waals surface area contributed by atoms with E-state index in [0.29, 0.717) is 11.6 Å². The van der Waals surface area contributed by atoms with Crippen LogP contribution in [-0.4, -0.2) is 24.2 Å². The first kappa shape index (κ1) is 6.80. The Labute approximate surface area is 58.8 Å². The molecule has 1 aromatic heterocycles. The van der Waals surface area contributed by atoms with E-state index in [1.54, 1.807) is 0 Å². The molecule has 0 fully saturated rings. The predicted molar refractivity (Wildman–Crippen MR) is 34.0 cm³/mol. The quantitative estimate of drug-likeness (QED) is 0.590. The lowest BCUT2D eigenvalue weighted by atomic mass is 10.6. The summed E-state index contributed by atoms with van der Waals surface area (Å²) in [6.07, 6.45) is 3.87. The molecule has 1 heterocycles. The predicted octanol–water partition coefficient (Wildman–Crippen LogP) is 0.294. The molecule has 0 aromatic carbocycles. The van der Waals surface area contributed by atoms with Crippen LogP contribution in [0.3, 0.4) is 0 Å². The van der Waals surface area contributed by atoms with E-state index in [2.05, 4.69) is 16.3 Å². The van der Waals surface area contributed by atoms with Crippen LogP contribution < -0.4 is 9.47 Å². The third-order valence-electron chi connectivity index (χ3n) is 1.02. The summed E-state index contributed by atoms with van der Waals surface area (Å²) >= 11 is 0. The van der Waals surface area contributed by atoms with E-state index >= 15 is 0 Å². The SMILES string of the molecule is COc1cn[c]nc1OC.